The fourth-order valence-electron chi connectivity index (χ4n) is 4.44. The molecular formula is C29H30N2O3. The highest BCUT2D eigenvalue weighted by Crippen LogP contribution is 2.42. The van der Waals surface area contributed by atoms with Gasteiger partial charge in [-0.2, -0.15) is 0 Å². The summed E-state index contributed by atoms with van der Waals surface area (Å²) in [5, 5.41) is 11.2. The molecule has 0 saturated carbocycles. The van der Waals surface area contributed by atoms with E-state index in [1.807, 2.05) is 74.5 Å². The van der Waals surface area contributed by atoms with Gasteiger partial charge in [-0.15, -0.1) is 0 Å². The number of hydrogen-bond donors (Lipinski definition) is 1. The molecule has 0 radical (unpaired) electrons. The minimum atomic E-state index is -0.727. The van der Waals surface area contributed by atoms with Crippen LogP contribution in [0, 0.1) is 13.8 Å². The molecule has 3 aromatic carbocycles. The van der Waals surface area contributed by atoms with Crippen molar-refractivity contribution < 1.29 is 14.7 Å². The summed E-state index contributed by atoms with van der Waals surface area (Å²) in [6.45, 7) is 9.89. The van der Waals surface area contributed by atoms with Crippen molar-refractivity contribution in [1.29, 1.82) is 0 Å². The minimum Gasteiger partial charge on any atom is -0.507 e. The lowest BCUT2D eigenvalue weighted by atomic mass is 9.94. The Morgan fingerprint density at radius 1 is 0.824 bits per heavy atom. The zero-order valence-corrected chi connectivity index (χ0v) is 20.1. The Labute approximate surface area is 201 Å². The number of carbonyl (C=O) groups is 2. The Bertz CT molecular complexity index is 1220. The van der Waals surface area contributed by atoms with Crippen LogP contribution in [-0.4, -0.2) is 29.9 Å². The van der Waals surface area contributed by atoms with Gasteiger partial charge < -0.3 is 10.0 Å². The molecule has 1 fully saturated rings. The van der Waals surface area contributed by atoms with Gasteiger partial charge in [-0.05, 0) is 57.5 Å². The van der Waals surface area contributed by atoms with Gasteiger partial charge in [0.25, 0.3) is 11.7 Å². The Morgan fingerprint density at radius 3 is 1.88 bits per heavy atom. The Kier molecular flexibility index (Phi) is 6.55. The van der Waals surface area contributed by atoms with Crippen molar-refractivity contribution in [2.45, 2.75) is 33.7 Å². The van der Waals surface area contributed by atoms with E-state index in [-0.39, 0.29) is 11.3 Å². The van der Waals surface area contributed by atoms with Crippen molar-refractivity contribution in [3.63, 3.8) is 0 Å². The summed E-state index contributed by atoms with van der Waals surface area (Å²) in [6.07, 6.45) is 0. The second-order valence-electron chi connectivity index (χ2n) is 8.63. The van der Waals surface area contributed by atoms with Gasteiger partial charge >= 0.3 is 0 Å². The van der Waals surface area contributed by atoms with Crippen LogP contribution in [0.1, 0.15) is 42.1 Å². The molecule has 1 heterocycles. The zero-order chi connectivity index (χ0) is 24.4. The number of nitrogens with zero attached hydrogens (tertiary/aromatic N) is 2. The fourth-order valence-corrected chi connectivity index (χ4v) is 4.44. The number of aliphatic hydroxyl groups excluding tert-OH is 1. The third-order valence-corrected chi connectivity index (χ3v) is 6.42. The maximum atomic E-state index is 13.3. The molecule has 1 saturated heterocycles. The average Bonchev–Trinajstić information content (AvgIpc) is 3.11. The molecule has 5 nitrogen and oxygen atoms in total. The number of benzene rings is 3. The molecule has 1 aliphatic heterocycles. The number of aliphatic hydroxyl groups is 1. The number of hydrogen-bond acceptors (Lipinski definition) is 4. The SMILES string of the molecule is CCN(CC)c1ccc(C2/C(=C(/O)c3ccc(C)cc3)C(=O)C(=O)N2c2ccc(C)cc2)cc1. The Morgan fingerprint density at radius 2 is 1.35 bits per heavy atom. The number of anilines is 2. The smallest absolute Gasteiger partial charge is 0.300 e. The van der Waals surface area contributed by atoms with E-state index in [9.17, 15) is 14.7 Å². The monoisotopic (exact) mass is 454 g/mol. The number of aryl methyl sites for hydroxylation is 2. The van der Waals surface area contributed by atoms with Crippen LogP contribution < -0.4 is 9.80 Å². The van der Waals surface area contributed by atoms with Crippen molar-refractivity contribution in [1.82, 2.24) is 0 Å². The van der Waals surface area contributed by atoms with Gasteiger partial charge in [-0.1, -0.05) is 59.7 Å². The highest BCUT2D eigenvalue weighted by molar-refractivity contribution is 6.51. The normalized spacial score (nSPS) is 17.3. The summed E-state index contributed by atoms with van der Waals surface area (Å²) >= 11 is 0. The van der Waals surface area contributed by atoms with E-state index < -0.39 is 17.7 Å². The summed E-state index contributed by atoms with van der Waals surface area (Å²) in [7, 11) is 0. The fraction of sp³-hybridized carbons (Fsp3) is 0.241. The first kappa shape index (κ1) is 23.3. The van der Waals surface area contributed by atoms with E-state index in [0.717, 1.165) is 35.5 Å². The predicted octanol–water partition coefficient (Wildman–Crippen LogP) is 5.78. The van der Waals surface area contributed by atoms with Gasteiger partial charge in [-0.25, -0.2) is 0 Å². The number of rotatable bonds is 6. The highest BCUT2D eigenvalue weighted by Gasteiger charge is 2.46. The molecule has 0 aliphatic carbocycles. The van der Waals surface area contributed by atoms with Crippen LogP contribution in [0.5, 0.6) is 0 Å². The van der Waals surface area contributed by atoms with Crippen LogP contribution in [0.25, 0.3) is 5.76 Å². The van der Waals surface area contributed by atoms with Gasteiger partial charge in [0.2, 0.25) is 0 Å². The van der Waals surface area contributed by atoms with Gasteiger partial charge in [0, 0.05) is 30.0 Å². The quantitative estimate of drug-likeness (QED) is 0.292. The molecule has 1 N–H and O–H groups in total. The lowest BCUT2D eigenvalue weighted by Gasteiger charge is -2.27. The zero-order valence-electron chi connectivity index (χ0n) is 20.1. The van der Waals surface area contributed by atoms with Crippen molar-refractivity contribution in [3.8, 4) is 0 Å². The molecule has 34 heavy (non-hydrogen) atoms. The van der Waals surface area contributed by atoms with Gasteiger partial charge in [0.15, 0.2) is 0 Å². The first-order chi connectivity index (χ1) is 16.3. The molecule has 5 heteroatoms. The molecule has 1 amide bonds. The summed E-state index contributed by atoms with van der Waals surface area (Å²) in [5.74, 6) is -1.49. The van der Waals surface area contributed by atoms with Crippen molar-refractivity contribution in [2.24, 2.45) is 0 Å². The maximum Gasteiger partial charge on any atom is 0.300 e. The summed E-state index contributed by atoms with van der Waals surface area (Å²) in [5.41, 5.74) is 5.17. The lowest BCUT2D eigenvalue weighted by molar-refractivity contribution is -0.132. The first-order valence-corrected chi connectivity index (χ1v) is 11.6. The summed E-state index contributed by atoms with van der Waals surface area (Å²) in [4.78, 5) is 30.3. The van der Waals surface area contributed by atoms with Crippen LogP contribution in [0.15, 0.2) is 78.4 Å². The standard InChI is InChI=1S/C29H30N2O3/c1-5-30(6-2)23-17-13-21(14-18-23)26-25(27(32)22-11-7-19(3)8-12-22)28(33)29(34)31(26)24-15-9-20(4)10-16-24/h7-18,26,32H,5-6H2,1-4H3/b27-25-. The molecule has 0 spiro atoms. The van der Waals surface area contributed by atoms with Crippen LogP contribution in [-0.2, 0) is 9.59 Å². The number of ketones is 1. The largest absolute Gasteiger partial charge is 0.507 e. The van der Waals surface area contributed by atoms with E-state index in [1.165, 1.54) is 4.90 Å². The van der Waals surface area contributed by atoms with Crippen molar-refractivity contribution in [3.05, 3.63) is 101 Å². The van der Waals surface area contributed by atoms with Gasteiger partial charge in [0.05, 0.1) is 11.6 Å². The van der Waals surface area contributed by atoms with Gasteiger partial charge in [0.1, 0.15) is 5.76 Å². The third-order valence-electron chi connectivity index (χ3n) is 6.42. The third kappa shape index (κ3) is 4.21. The van der Waals surface area contributed by atoms with E-state index in [0.29, 0.717) is 11.3 Å². The van der Waals surface area contributed by atoms with E-state index in [1.54, 1.807) is 12.1 Å². The first-order valence-electron chi connectivity index (χ1n) is 11.6. The van der Waals surface area contributed by atoms with E-state index in [4.69, 9.17) is 0 Å². The topological polar surface area (TPSA) is 60.9 Å². The molecule has 3 aromatic rings. The second kappa shape index (κ2) is 9.56. The summed E-state index contributed by atoms with van der Waals surface area (Å²) in [6, 6.07) is 21.9. The molecule has 4 rings (SSSR count). The maximum absolute atomic E-state index is 13.3. The summed E-state index contributed by atoms with van der Waals surface area (Å²) < 4.78 is 0. The van der Waals surface area contributed by atoms with Crippen LogP contribution in [0.2, 0.25) is 0 Å². The second-order valence-corrected chi connectivity index (χ2v) is 8.63. The predicted molar refractivity (Wildman–Crippen MR) is 137 cm³/mol. The van der Waals surface area contributed by atoms with Crippen LogP contribution >= 0.6 is 0 Å². The number of Topliss-reactive ketones (excluding diaryl/α,β-unsaturated/α-hetero) is 1. The molecule has 0 bridgehead atoms. The lowest BCUT2D eigenvalue weighted by Crippen LogP contribution is -2.29. The molecule has 1 unspecified atom stereocenters. The Hall–Kier alpha value is -3.86. The molecular weight excluding hydrogens is 424 g/mol. The highest BCUT2D eigenvalue weighted by atomic mass is 16.3. The minimum absolute atomic E-state index is 0.102. The van der Waals surface area contributed by atoms with Crippen molar-refractivity contribution in [2.75, 3.05) is 22.9 Å². The van der Waals surface area contributed by atoms with E-state index >= 15 is 0 Å². The molecule has 1 aliphatic rings. The molecule has 174 valence electrons. The number of carbonyl (C=O) groups excluding carboxylic acids is 2. The van der Waals surface area contributed by atoms with Crippen LogP contribution in [0.3, 0.4) is 0 Å². The van der Waals surface area contributed by atoms with Crippen molar-refractivity contribution >= 4 is 28.8 Å². The van der Waals surface area contributed by atoms with Gasteiger partial charge in [-0.3, -0.25) is 14.5 Å². The molecule has 0 aromatic heterocycles. The Balaban J connectivity index is 1.88. The van der Waals surface area contributed by atoms with Crippen LogP contribution in [0.4, 0.5) is 11.4 Å². The average molecular weight is 455 g/mol. The number of amides is 1. The molecule has 1 atom stereocenters. The van der Waals surface area contributed by atoms with E-state index in [2.05, 4.69) is 18.7 Å².